The summed E-state index contributed by atoms with van der Waals surface area (Å²) in [5, 5.41) is 9.26. The maximum Gasteiger partial charge on any atom is 0.227 e. The quantitative estimate of drug-likeness (QED) is 0.849. The van der Waals surface area contributed by atoms with Crippen LogP contribution in [0.5, 0.6) is 5.75 Å². The molecule has 0 saturated carbocycles. The van der Waals surface area contributed by atoms with Gasteiger partial charge in [-0.05, 0) is 48.4 Å². The van der Waals surface area contributed by atoms with Gasteiger partial charge in [0.15, 0.2) is 6.61 Å². The van der Waals surface area contributed by atoms with Crippen molar-refractivity contribution in [2.24, 2.45) is 0 Å². The Morgan fingerprint density at radius 1 is 1.26 bits per heavy atom. The molecule has 23 heavy (non-hydrogen) atoms. The van der Waals surface area contributed by atoms with Crippen molar-refractivity contribution in [3.8, 4) is 11.8 Å². The number of benzene rings is 2. The Morgan fingerprint density at radius 3 is 2.78 bits per heavy atom. The van der Waals surface area contributed by atoms with Crippen molar-refractivity contribution in [1.29, 1.82) is 5.26 Å². The number of anilines is 1. The van der Waals surface area contributed by atoms with Crippen LogP contribution < -0.4 is 9.64 Å². The van der Waals surface area contributed by atoms with Gasteiger partial charge in [-0.3, -0.25) is 4.79 Å². The molecule has 1 atom stereocenters. The fourth-order valence-electron chi connectivity index (χ4n) is 2.85. The molecule has 1 unspecified atom stereocenters. The molecular weight excluding hydrogens is 312 g/mol. The van der Waals surface area contributed by atoms with Gasteiger partial charge in [0.25, 0.3) is 0 Å². The third kappa shape index (κ3) is 3.30. The van der Waals surface area contributed by atoms with E-state index in [9.17, 15) is 4.79 Å². The lowest BCUT2D eigenvalue weighted by atomic mass is 10.0. The fourth-order valence-corrected chi connectivity index (χ4v) is 2.98. The average Bonchev–Trinajstić information content (AvgIpc) is 2.96. The lowest BCUT2D eigenvalue weighted by Gasteiger charge is -2.25. The van der Waals surface area contributed by atoms with Gasteiger partial charge in [-0.25, -0.2) is 0 Å². The number of carbonyl (C=O) groups excluding carboxylic acids is 1. The number of hydrogen-bond acceptors (Lipinski definition) is 3. The van der Waals surface area contributed by atoms with E-state index in [4.69, 9.17) is 21.6 Å². The van der Waals surface area contributed by atoms with Crippen LogP contribution in [0.2, 0.25) is 5.02 Å². The van der Waals surface area contributed by atoms with Crippen molar-refractivity contribution < 1.29 is 9.53 Å². The van der Waals surface area contributed by atoms with E-state index in [0.29, 0.717) is 17.2 Å². The van der Waals surface area contributed by atoms with Crippen LogP contribution in [-0.2, 0) is 4.79 Å². The first-order valence-corrected chi connectivity index (χ1v) is 7.74. The minimum atomic E-state index is -0.0330. The number of nitrogens with zero attached hydrogens (tertiary/aromatic N) is 2. The summed E-state index contributed by atoms with van der Waals surface area (Å²) in [5.41, 5.74) is 1.84. The molecule has 1 saturated heterocycles. The van der Waals surface area contributed by atoms with Gasteiger partial charge in [0.2, 0.25) is 5.91 Å². The highest BCUT2D eigenvalue weighted by Gasteiger charge is 2.33. The highest BCUT2D eigenvalue weighted by Crippen LogP contribution is 2.38. The standard InChI is InChI=1S/C18H15ClN2O2/c19-14-4-6-15(7-5-14)21-17(8-9-18(21)22)13-2-1-3-16(12-13)23-11-10-20/h1-7,12,17H,8-9,11H2. The number of rotatable bonds is 4. The smallest absolute Gasteiger partial charge is 0.227 e. The van der Waals surface area contributed by atoms with E-state index >= 15 is 0 Å². The van der Waals surface area contributed by atoms with Crippen LogP contribution in [0.1, 0.15) is 24.4 Å². The van der Waals surface area contributed by atoms with Gasteiger partial charge in [0.05, 0.1) is 6.04 Å². The minimum Gasteiger partial charge on any atom is -0.479 e. The zero-order chi connectivity index (χ0) is 16.2. The van der Waals surface area contributed by atoms with E-state index in [1.807, 2.05) is 42.5 Å². The number of amides is 1. The van der Waals surface area contributed by atoms with Crippen molar-refractivity contribution in [3.05, 3.63) is 59.1 Å². The molecule has 116 valence electrons. The highest BCUT2D eigenvalue weighted by molar-refractivity contribution is 6.30. The highest BCUT2D eigenvalue weighted by atomic mass is 35.5. The van der Waals surface area contributed by atoms with Crippen LogP contribution in [0, 0.1) is 11.3 Å². The molecule has 1 aliphatic rings. The Morgan fingerprint density at radius 2 is 2.04 bits per heavy atom. The van der Waals surface area contributed by atoms with Gasteiger partial charge in [-0.1, -0.05) is 23.7 Å². The van der Waals surface area contributed by atoms with Crippen LogP contribution in [0.25, 0.3) is 0 Å². The molecule has 2 aromatic rings. The Hall–Kier alpha value is -2.51. The third-order valence-corrected chi connectivity index (χ3v) is 4.12. The van der Waals surface area contributed by atoms with Crippen molar-refractivity contribution in [2.75, 3.05) is 11.5 Å². The Bertz CT molecular complexity index is 752. The Labute approximate surface area is 139 Å². The summed E-state index contributed by atoms with van der Waals surface area (Å²) in [4.78, 5) is 14.1. The second kappa shape index (κ2) is 6.72. The topological polar surface area (TPSA) is 53.3 Å². The SMILES string of the molecule is N#CCOc1cccc(C2CCC(=O)N2c2ccc(Cl)cc2)c1. The van der Waals surface area contributed by atoms with E-state index in [0.717, 1.165) is 17.7 Å². The molecule has 5 heteroatoms. The largest absolute Gasteiger partial charge is 0.479 e. The van der Waals surface area contributed by atoms with E-state index in [-0.39, 0.29) is 18.6 Å². The summed E-state index contributed by atoms with van der Waals surface area (Å²) in [6.07, 6.45) is 1.26. The molecule has 0 aliphatic carbocycles. The summed E-state index contributed by atoms with van der Waals surface area (Å²) in [5.74, 6) is 0.736. The molecule has 4 nitrogen and oxygen atoms in total. The lowest BCUT2D eigenvalue weighted by Crippen LogP contribution is -2.27. The zero-order valence-electron chi connectivity index (χ0n) is 12.4. The molecule has 3 rings (SSSR count). The number of hydrogen-bond donors (Lipinski definition) is 0. The summed E-state index contributed by atoms with van der Waals surface area (Å²) in [6.45, 7) is 0.00789. The second-order valence-corrected chi connectivity index (χ2v) is 5.75. The normalized spacial score (nSPS) is 17.1. The maximum absolute atomic E-state index is 12.3. The van der Waals surface area contributed by atoms with Crippen molar-refractivity contribution in [1.82, 2.24) is 0 Å². The van der Waals surface area contributed by atoms with Crippen LogP contribution in [0.15, 0.2) is 48.5 Å². The summed E-state index contributed by atoms with van der Waals surface area (Å²) >= 11 is 5.93. The molecule has 0 radical (unpaired) electrons. The monoisotopic (exact) mass is 326 g/mol. The second-order valence-electron chi connectivity index (χ2n) is 5.31. The molecule has 1 amide bonds. The van der Waals surface area contributed by atoms with E-state index in [1.54, 1.807) is 17.0 Å². The van der Waals surface area contributed by atoms with E-state index in [1.165, 1.54) is 0 Å². The van der Waals surface area contributed by atoms with Gasteiger partial charge in [0, 0.05) is 17.1 Å². The summed E-state index contributed by atoms with van der Waals surface area (Å²) in [7, 11) is 0. The molecule has 0 spiro atoms. The summed E-state index contributed by atoms with van der Waals surface area (Å²) in [6, 6.07) is 16.8. The number of ether oxygens (including phenoxy) is 1. The molecular formula is C18H15ClN2O2. The van der Waals surface area contributed by atoms with Crippen LogP contribution in [-0.4, -0.2) is 12.5 Å². The maximum atomic E-state index is 12.3. The Balaban J connectivity index is 1.90. The third-order valence-electron chi connectivity index (χ3n) is 3.86. The predicted molar refractivity (Wildman–Crippen MR) is 88.5 cm³/mol. The molecule has 0 bridgehead atoms. The molecule has 0 N–H and O–H groups in total. The first kappa shape index (κ1) is 15.4. The van der Waals surface area contributed by atoms with Gasteiger partial charge in [-0.2, -0.15) is 5.26 Å². The molecule has 0 aromatic heterocycles. The van der Waals surface area contributed by atoms with Crippen molar-refractivity contribution in [2.45, 2.75) is 18.9 Å². The number of halogens is 1. The van der Waals surface area contributed by atoms with Gasteiger partial charge >= 0.3 is 0 Å². The predicted octanol–water partition coefficient (Wildman–Crippen LogP) is 4.11. The minimum absolute atomic E-state index is 0.00789. The first-order chi connectivity index (χ1) is 11.2. The van der Waals surface area contributed by atoms with Gasteiger partial charge < -0.3 is 9.64 Å². The first-order valence-electron chi connectivity index (χ1n) is 7.36. The Kier molecular flexibility index (Phi) is 4.50. The molecule has 1 aliphatic heterocycles. The summed E-state index contributed by atoms with van der Waals surface area (Å²) < 4.78 is 5.36. The van der Waals surface area contributed by atoms with Gasteiger partial charge in [0.1, 0.15) is 11.8 Å². The zero-order valence-corrected chi connectivity index (χ0v) is 13.2. The van der Waals surface area contributed by atoms with Crippen molar-refractivity contribution in [3.63, 3.8) is 0 Å². The average molecular weight is 327 g/mol. The number of carbonyl (C=O) groups is 1. The molecule has 1 heterocycles. The van der Waals surface area contributed by atoms with Crippen LogP contribution in [0.4, 0.5) is 5.69 Å². The van der Waals surface area contributed by atoms with Gasteiger partial charge in [-0.15, -0.1) is 0 Å². The van der Waals surface area contributed by atoms with Crippen LogP contribution in [0.3, 0.4) is 0 Å². The lowest BCUT2D eigenvalue weighted by molar-refractivity contribution is -0.117. The fraction of sp³-hybridized carbons (Fsp3) is 0.222. The van der Waals surface area contributed by atoms with Crippen LogP contribution >= 0.6 is 11.6 Å². The van der Waals surface area contributed by atoms with E-state index < -0.39 is 0 Å². The molecule has 2 aromatic carbocycles. The number of nitriles is 1. The van der Waals surface area contributed by atoms with E-state index in [2.05, 4.69) is 0 Å². The van der Waals surface area contributed by atoms with Crippen molar-refractivity contribution >= 4 is 23.2 Å². The molecule has 1 fully saturated rings.